The second-order valence-corrected chi connectivity index (χ2v) is 7.29. The van der Waals surface area contributed by atoms with Gasteiger partial charge in [-0.1, -0.05) is 42.1 Å². The van der Waals surface area contributed by atoms with Gasteiger partial charge in [0, 0.05) is 11.4 Å². The molecule has 3 aromatic carbocycles. The first-order valence-corrected chi connectivity index (χ1v) is 10.4. The van der Waals surface area contributed by atoms with Crippen molar-refractivity contribution in [2.24, 2.45) is 0 Å². The summed E-state index contributed by atoms with van der Waals surface area (Å²) in [6.07, 6.45) is 0. The van der Waals surface area contributed by atoms with Crippen LogP contribution in [0.15, 0.2) is 84.0 Å². The van der Waals surface area contributed by atoms with Gasteiger partial charge < -0.3 is 10.1 Å². The predicted octanol–water partition coefficient (Wildman–Crippen LogP) is 5.16. The Labute approximate surface area is 173 Å². The number of para-hydroxylation sites is 3. The Morgan fingerprint density at radius 2 is 1.72 bits per heavy atom. The molecule has 0 saturated carbocycles. The fourth-order valence-corrected chi connectivity index (χ4v) is 3.88. The van der Waals surface area contributed by atoms with Gasteiger partial charge in [0.2, 0.25) is 5.91 Å². The minimum atomic E-state index is -0.0779. The maximum atomic E-state index is 12.5. The average molecular weight is 404 g/mol. The van der Waals surface area contributed by atoms with Crippen LogP contribution in [-0.4, -0.2) is 27.8 Å². The lowest BCUT2D eigenvalue weighted by Gasteiger charge is -2.09. The van der Waals surface area contributed by atoms with Crippen molar-refractivity contribution in [3.05, 3.63) is 78.9 Å². The smallest absolute Gasteiger partial charge is 0.234 e. The van der Waals surface area contributed by atoms with E-state index in [4.69, 9.17) is 9.72 Å². The van der Waals surface area contributed by atoms with Crippen LogP contribution in [0.1, 0.15) is 6.92 Å². The van der Waals surface area contributed by atoms with E-state index in [0.29, 0.717) is 6.61 Å². The van der Waals surface area contributed by atoms with Gasteiger partial charge in [0.25, 0.3) is 0 Å². The van der Waals surface area contributed by atoms with E-state index in [1.165, 1.54) is 11.8 Å². The molecular weight excluding hydrogens is 382 g/mol. The first-order chi connectivity index (χ1) is 14.2. The number of aromatic nitrogens is 2. The number of hydrogen-bond acceptors (Lipinski definition) is 4. The highest BCUT2D eigenvalue weighted by atomic mass is 32.2. The number of ether oxygens (including phenoxy) is 1. The number of hydrogen-bond donors (Lipinski definition) is 1. The second kappa shape index (κ2) is 8.84. The Morgan fingerprint density at radius 1 is 1.00 bits per heavy atom. The minimum absolute atomic E-state index is 0.0779. The summed E-state index contributed by atoms with van der Waals surface area (Å²) in [5, 5.41) is 3.71. The summed E-state index contributed by atoms with van der Waals surface area (Å²) in [6, 6.07) is 25.4. The van der Waals surface area contributed by atoms with Crippen LogP contribution in [0.5, 0.6) is 5.75 Å². The Hall–Kier alpha value is -3.25. The first kappa shape index (κ1) is 19.1. The molecule has 0 saturated heterocycles. The van der Waals surface area contributed by atoms with Crippen LogP contribution in [0.3, 0.4) is 0 Å². The summed E-state index contributed by atoms with van der Waals surface area (Å²) in [7, 11) is 0. The quantitative estimate of drug-likeness (QED) is 0.433. The van der Waals surface area contributed by atoms with Crippen LogP contribution in [0.4, 0.5) is 5.69 Å². The molecule has 4 aromatic rings. The Balaban J connectivity index is 1.50. The molecule has 0 aliphatic rings. The van der Waals surface area contributed by atoms with Crippen molar-refractivity contribution < 1.29 is 9.53 Å². The van der Waals surface area contributed by atoms with Gasteiger partial charge in [-0.2, -0.15) is 0 Å². The number of fused-ring (bicyclic) bond motifs is 1. The molecule has 0 spiro atoms. The molecule has 1 aromatic heterocycles. The van der Waals surface area contributed by atoms with Crippen LogP contribution >= 0.6 is 11.8 Å². The van der Waals surface area contributed by atoms with E-state index in [2.05, 4.69) is 9.88 Å². The number of carbonyl (C=O) groups is 1. The Kier molecular flexibility index (Phi) is 5.81. The monoisotopic (exact) mass is 403 g/mol. The zero-order chi connectivity index (χ0) is 20.1. The van der Waals surface area contributed by atoms with Crippen molar-refractivity contribution in [2.45, 2.75) is 12.1 Å². The van der Waals surface area contributed by atoms with Crippen molar-refractivity contribution in [1.29, 1.82) is 0 Å². The summed E-state index contributed by atoms with van der Waals surface area (Å²) in [5.74, 6) is 0.978. The molecule has 6 heteroatoms. The molecule has 0 radical (unpaired) electrons. The number of carbonyl (C=O) groups excluding carboxylic acids is 1. The lowest BCUT2D eigenvalue weighted by atomic mass is 10.3. The third kappa shape index (κ3) is 4.43. The molecule has 0 aliphatic carbocycles. The molecule has 146 valence electrons. The van der Waals surface area contributed by atoms with Crippen LogP contribution in [0.25, 0.3) is 16.7 Å². The van der Waals surface area contributed by atoms with E-state index in [0.717, 1.165) is 33.3 Å². The van der Waals surface area contributed by atoms with E-state index in [1.54, 1.807) is 0 Å². The molecular formula is C23H21N3O2S. The van der Waals surface area contributed by atoms with E-state index >= 15 is 0 Å². The van der Waals surface area contributed by atoms with Crippen molar-refractivity contribution in [1.82, 2.24) is 9.55 Å². The average Bonchev–Trinajstić information content (AvgIpc) is 3.13. The lowest BCUT2D eigenvalue weighted by Crippen LogP contribution is -2.14. The number of nitrogens with one attached hydrogen (secondary N) is 1. The summed E-state index contributed by atoms with van der Waals surface area (Å²) >= 11 is 1.42. The second-order valence-electron chi connectivity index (χ2n) is 6.35. The standard InChI is InChI=1S/C23H21N3O2S/c1-2-28-19-14-12-17(13-15-19)24-22(27)16-29-23-25-20-10-6-7-11-21(20)26(23)18-8-4-3-5-9-18/h3-15H,2,16H2,1H3,(H,24,27). The molecule has 29 heavy (non-hydrogen) atoms. The molecule has 0 atom stereocenters. The number of anilines is 1. The predicted molar refractivity (Wildman–Crippen MR) is 118 cm³/mol. The van der Waals surface area contributed by atoms with Gasteiger partial charge >= 0.3 is 0 Å². The number of thioether (sulfide) groups is 1. The van der Waals surface area contributed by atoms with Crippen molar-refractivity contribution >= 4 is 34.4 Å². The molecule has 0 aliphatic heterocycles. The summed E-state index contributed by atoms with van der Waals surface area (Å²) in [4.78, 5) is 17.2. The van der Waals surface area contributed by atoms with Crippen LogP contribution in [0.2, 0.25) is 0 Å². The Morgan fingerprint density at radius 3 is 2.48 bits per heavy atom. The molecule has 0 unspecified atom stereocenters. The highest BCUT2D eigenvalue weighted by Gasteiger charge is 2.14. The molecule has 1 heterocycles. The third-order valence-corrected chi connectivity index (χ3v) is 5.26. The molecule has 1 N–H and O–H groups in total. The van der Waals surface area contributed by atoms with E-state index in [-0.39, 0.29) is 11.7 Å². The van der Waals surface area contributed by atoms with Crippen molar-refractivity contribution in [3.8, 4) is 11.4 Å². The van der Waals surface area contributed by atoms with Crippen molar-refractivity contribution in [3.63, 3.8) is 0 Å². The number of benzene rings is 3. The maximum Gasteiger partial charge on any atom is 0.234 e. The van der Waals surface area contributed by atoms with E-state index in [9.17, 15) is 4.79 Å². The fourth-order valence-electron chi connectivity index (χ4n) is 3.06. The molecule has 5 nitrogen and oxygen atoms in total. The highest BCUT2D eigenvalue weighted by molar-refractivity contribution is 7.99. The largest absolute Gasteiger partial charge is 0.494 e. The number of nitrogens with zero attached hydrogens (tertiary/aromatic N) is 2. The van der Waals surface area contributed by atoms with Gasteiger partial charge in [0.1, 0.15) is 5.75 Å². The zero-order valence-electron chi connectivity index (χ0n) is 16.0. The Bertz CT molecular complexity index is 1110. The number of imidazole rings is 1. The number of rotatable bonds is 7. The van der Waals surface area contributed by atoms with Gasteiger partial charge in [-0.05, 0) is 55.5 Å². The third-order valence-electron chi connectivity index (χ3n) is 4.33. The lowest BCUT2D eigenvalue weighted by molar-refractivity contribution is -0.113. The summed E-state index contributed by atoms with van der Waals surface area (Å²) in [6.45, 7) is 2.56. The van der Waals surface area contributed by atoms with Crippen LogP contribution < -0.4 is 10.1 Å². The topological polar surface area (TPSA) is 56.1 Å². The molecule has 0 bridgehead atoms. The summed E-state index contributed by atoms with van der Waals surface area (Å²) < 4.78 is 7.51. The van der Waals surface area contributed by atoms with Crippen molar-refractivity contribution in [2.75, 3.05) is 17.7 Å². The van der Waals surface area contributed by atoms with E-state index in [1.807, 2.05) is 85.8 Å². The minimum Gasteiger partial charge on any atom is -0.494 e. The van der Waals surface area contributed by atoms with Gasteiger partial charge in [0.05, 0.1) is 23.4 Å². The SMILES string of the molecule is CCOc1ccc(NC(=O)CSc2nc3ccccc3n2-c2ccccc2)cc1. The van der Waals surface area contributed by atoms with Crippen LogP contribution in [-0.2, 0) is 4.79 Å². The maximum absolute atomic E-state index is 12.5. The molecule has 0 fully saturated rings. The normalized spacial score (nSPS) is 10.8. The molecule has 1 amide bonds. The summed E-state index contributed by atoms with van der Waals surface area (Å²) in [5.41, 5.74) is 3.70. The van der Waals surface area contributed by atoms with Gasteiger partial charge in [-0.3, -0.25) is 9.36 Å². The molecule has 4 rings (SSSR count). The van der Waals surface area contributed by atoms with Gasteiger partial charge in [0.15, 0.2) is 5.16 Å². The van der Waals surface area contributed by atoms with Gasteiger partial charge in [-0.15, -0.1) is 0 Å². The number of amides is 1. The zero-order valence-corrected chi connectivity index (χ0v) is 16.9. The highest BCUT2D eigenvalue weighted by Crippen LogP contribution is 2.28. The first-order valence-electron chi connectivity index (χ1n) is 9.43. The van der Waals surface area contributed by atoms with Crippen LogP contribution in [0, 0.1) is 0 Å². The van der Waals surface area contributed by atoms with E-state index < -0.39 is 0 Å². The van der Waals surface area contributed by atoms with Gasteiger partial charge in [-0.25, -0.2) is 4.98 Å². The fraction of sp³-hybridized carbons (Fsp3) is 0.130.